The van der Waals surface area contributed by atoms with Crippen LogP contribution in [-0.2, 0) is 9.53 Å². The molecular formula is C8H12O2. The van der Waals surface area contributed by atoms with Crippen LogP contribution in [0.15, 0.2) is 0 Å². The van der Waals surface area contributed by atoms with Crippen molar-refractivity contribution in [1.29, 1.82) is 0 Å². The Bertz CT molecular complexity index is 162. The van der Waals surface area contributed by atoms with E-state index in [0.717, 1.165) is 12.8 Å². The summed E-state index contributed by atoms with van der Waals surface area (Å²) in [6.45, 7) is 0. The van der Waals surface area contributed by atoms with Crippen LogP contribution >= 0.6 is 0 Å². The largest absolute Gasteiger partial charge is 0.469 e. The quantitative estimate of drug-likeness (QED) is 0.514. The van der Waals surface area contributed by atoms with E-state index in [9.17, 15) is 4.79 Å². The first-order valence-corrected chi connectivity index (χ1v) is 3.84. The summed E-state index contributed by atoms with van der Waals surface area (Å²) in [4.78, 5) is 10.9. The van der Waals surface area contributed by atoms with E-state index in [2.05, 4.69) is 4.74 Å². The molecule has 0 aromatic rings. The lowest BCUT2D eigenvalue weighted by atomic mass is 9.72. The molecule has 56 valence electrons. The molecular weight excluding hydrogens is 128 g/mol. The fourth-order valence-corrected chi connectivity index (χ4v) is 1.90. The van der Waals surface area contributed by atoms with Crippen LogP contribution in [0.4, 0.5) is 0 Å². The number of carbonyl (C=O) groups excluding carboxylic acids is 1. The minimum atomic E-state index is -0.00229. The molecule has 2 nitrogen and oxygen atoms in total. The van der Waals surface area contributed by atoms with Crippen LogP contribution in [0.25, 0.3) is 0 Å². The molecule has 0 atom stereocenters. The van der Waals surface area contributed by atoms with Crippen LogP contribution in [0.2, 0.25) is 0 Å². The summed E-state index contributed by atoms with van der Waals surface area (Å²) in [5.41, 5.74) is 0.624. The van der Waals surface area contributed by atoms with E-state index in [4.69, 9.17) is 0 Å². The van der Waals surface area contributed by atoms with Crippen molar-refractivity contribution in [2.45, 2.75) is 25.7 Å². The maximum Gasteiger partial charge on any atom is 0.308 e. The van der Waals surface area contributed by atoms with Gasteiger partial charge in [-0.05, 0) is 31.1 Å². The summed E-state index contributed by atoms with van der Waals surface area (Å²) in [6, 6.07) is 0. The average Bonchev–Trinajstić information content (AvgIpc) is 2.61. The Labute approximate surface area is 60.6 Å². The van der Waals surface area contributed by atoms with Gasteiger partial charge < -0.3 is 4.74 Å². The Morgan fingerprint density at radius 3 is 2.50 bits per heavy atom. The highest BCUT2D eigenvalue weighted by Gasteiger charge is 2.55. The molecule has 2 heteroatoms. The van der Waals surface area contributed by atoms with Gasteiger partial charge in [-0.15, -0.1) is 0 Å². The number of ether oxygens (including phenoxy) is 1. The van der Waals surface area contributed by atoms with Gasteiger partial charge in [0.2, 0.25) is 0 Å². The molecule has 0 unspecified atom stereocenters. The Hall–Kier alpha value is -0.530. The van der Waals surface area contributed by atoms with Crippen LogP contribution in [0, 0.1) is 11.3 Å². The van der Waals surface area contributed by atoms with Crippen molar-refractivity contribution in [2.24, 2.45) is 11.3 Å². The van der Waals surface area contributed by atoms with Gasteiger partial charge in [-0.1, -0.05) is 0 Å². The van der Waals surface area contributed by atoms with E-state index >= 15 is 0 Å². The lowest BCUT2D eigenvalue weighted by Gasteiger charge is -2.33. The normalized spacial score (nSPS) is 27.7. The van der Waals surface area contributed by atoms with Crippen molar-refractivity contribution in [1.82, 2.24) is 0 Å². The number of carbonyl (C=O) groups is 1. The maximum atomic E-state index is 10.9. The van der Waals surface area contributed by atoms with Crippen LogP contribution in [0.1, 0.15) is 25.7 Å². The molecule has 0 amide bonds. The van der Waals surface area contributed by atoms with Crippen molar-refractivity contribution in [3.05, 3.63) is 0 Å². The Kier molecular flexibility index (Phi) is 1.08. The van der Waals surface area contributed by atoms with Crippen molar-refractivity contribution < 1.29 is 9.53 Å². The number of rotatable bonds is 1. The zero-order valence-electron chi connectivity index (χ0n) is 6.22. The second-order valence-corrected chi connectivity index (χ2v) is 3.63. The van der Waals surface area contributed by atoms with Gasteiger partial charge in [-0.2, -0.15) is 0 Å². The number of hydrogen-bond donors (Lipinski definition) is 0. The van der Waals surface area contributed by atoms with Crippen molar-refractivity contribution in [3.8, 4) is 0 Å². The van der Waals surface area contributed by atoms with Crippen molar-refractivity contribution in [3.63, 3.8) is 0 Å². The molecule has 0 bridgehead atoms. The third-order valence-electron chi connectivity index (χ3n) is 2.85. The summed E-state index contributed by atoms with van der Waals surface area (Å²) in [5, 5.41) is 0. The monoisotopic (exact) mass is 140 g/mol. The van der Waals surface area contributed by atoms with Gasteiger partial charge >= 0.3 is 5.97 Å². The SMILES string of the molecule is COC(=O)C1CC2(CC2)C1. The first-order valence-electron chi connectivity index (χ1n) is 3.84. The number of esters is 1. The molecule has 0 radical (unpaired) electrons. The lowest BCUT2D eigenvalue weighted by Crippen LogP contribution is -2.32. The molecule has 2 aliphatic carbocycles. The fraction of sp³-hybridized carbons (Fsp3) is 0.875. The van der Waals surface area contributed by atoms with Crippen LogP contribution < -0.4 is 0 Å². The molecule has 2 aliphatic rings. The van der Waals surface area contributed by atoms with E-state index in [1.165, 1.54) is 20.0 Å². The van der Waals surface area contributed by atoms with Gasteiger partial charge in [0, 0.05) is 0 Å². The molecule has 1 spiro atoms. The fourth-order valence-electron chi connectivity index (χ4n) is 1.90. The highest BCUT2D eigenvalue weighted by Crippen LogP contribution is 2.63. The molecule has 2 rings (SSSR count). The zero-order chi connectivity index (χ0) is 7.19. The zero-order valence-corrected chi connectivity index (χ0v) is 6.22. The highest BCUT2D eigenvalue weighted by molar-refractivity contribution is 5.73. The molecule has 2 fully saturated rings. The number of methoxy groups -OCH3 is 1. The van der Waals surface area contributed by atoms with Crippen LogP contribution in [0.5, 0.6) is 0 Å². The first-order chi connectivity index (χ1) is 4.76. The van der Waals surface area contributed by atoms with Crippen LogP contribution in [0.3, 0.4) is 0 Å². The van der Waals surface area contributed by atoms with Gasteiger partial charge in [-0.3, -0.25) is 4.79 Å². The highest BCUT2D eigenvalue weighted by atomic mass is 16.5. The number of hydrogen-bond acceptors (Lipinski definition) is 2. The first kappa shape index (κ1) is 6.20. The topological polar surface area (TPSA) is 26.3 Å². The second-order valence-electron chi connectivity index (χ2n) is 3.63. The van der Waals surface area contributed by atoms with E-state index in [1.54, 1.807) is 0 Å². The smallest absolute Gasteiger partial charge is 0.308 e. The maximum absolute atomic E-state index is 10.9. The molecule has 0 aliphatic heterocycles. The Morgan fingerprint density at radius 2 is 2.10 bits per heavy atom. The molecule has 10 heavy (non-hydrogen) atoms. The third-order valence-corrected chi connectivity index (χ3v) is 2.85. The van der Waals surface area contributed by atoms with Gasteiger partial charge in [0.1, 0.15) is 0 Å². The van der Waals surface area contributed by atoms with Gasteiger partial charge in [0.25, 0.3) is 0 Å². The second kappa shape index (κ2) is 1.74. The minimum absolute atomic E-state index is 0.00229. The predicted octanol–water partition coefficient (Wildman–Crippen LogP) is 1.35. The summed E-state index contributed by atoms with van der Waals surface area (Å²) in [6.07, 6.45) is 4.89. The molecule has 0 N–H and O–H groups in total. The van der Waals surface area contributed by atoms with Gasteiger partial charge in [-0.25, -0.2) is 0 Å². The standard InChI is InChI=1S/C8H12O2/c1-10-7(9)6-4-8(5-6)2-3-8/h6H,2-5H2,1H3. The molecule has 2 saturated carbocycles. The third kappa shape index (κ3) is 0.746. The van der Waals surface area contributed by atoms with E-state index in [0.29, 0.717) is 5.41 Å². The molecule has 0 aromatic carbocycles. The lowest BCUT2D eigenvalue weighted by molar-refractivity contribution is -0.150. The molecule has 0 aromatic heterocycles. The van der Waals surface area contributed by atoms with E-state index < -0.39 is 0 Å². The predicted molar refractivity (Wildman–Crippen MR) is 36.4 cm³/mol. The Balaban J connectivity index is 1.84. The van der Waals surface area contributed by atoms with Crippen LogP contribution in [-0.4, -0.2) is 13.1 Å². The van der Waals surface area contributed by atoms with Gasteiger partial charge in [0.15, 0.2) is 0 Å². The summed E-state index contributed by atoms with van der Waals surface area (Å²) >= 11 is 0. The molecule has 0 heterocycles. The molecule has 0 saturated heterocycles. The Morgan fingerprint density at radius 1 is 1.50 bits per heavy atom. The minimum Gasteiger partial charge on any atom is -0.469 e. The van der Waals surface area contributed by atoms with E-state index in [-0.39, 0.29) is 11.9 Å². The summed E-state index contributed by atoms with van der Waals surface area (Å²) in [7, 11) is 1.47. The van der Waals surface area contributed by atoms with Gasteiger partial charge in [0.05, 0.1) is 13.0 Å². The average molecular weight is 140 g/mol. The van der Waals surface area contributed by atoms with Crippen molar-refractivity contribution in [2.75, 3.05) is 7.11 Å². The summed E-state index contributed by atoms with van der Waals surface area (Å²) < 4.78 is 4.64. The van der Waals surface area contributed by atoms with Crippen molar-refractivity contribution >= 4 is 5.97 Å². The van der Waals surface area contributed by atoms with E-state index in [1.807, 2.05) is 0 Å². The summed E-state index contributed by atoms with van der Waals surface area (Å²) in [5.74, 6) is 0.241.